The van der Waals surface area contributed by atoms with Gasteiger partial charge in [0.05, 0.1) is 18.1 Å². The number of aromatic amines is 1. The normalized spacial score (nSPS) is 10.7. The first-order valence-electron chi connectivity index (χ1n) is 5.35. The smallest absolute Gasteiger partial charge is 0.132 e. The summed E-state index contributed by atoms with van der Waals surface area (Å²) in [5, 5.41) is 11.3. The highest BCUT2D eigenvalue weighted by atomic mass is 35.5. The number of nitrogens with one attached hydrogen (secondary N) is 1. The lowest BCUT2D eigenvalue weighted by Crippen LogP contribution is -1.95. The van der Waals surface area contributed by atoms with Crippen LogP contribution in [0.15, 0.2) is 42.7 Å². The fourth-order valence-electron chi connectivity index (χ4n) is 1.79. The van der Waals surface area contributed by atoms with Crippen LogP contribution in [0.3, 0.4) is 0 Å². The zero-order valence-electron chi connectivity index (χ0n) is 9.34. The summed E-state index contributed by atoms with van der Waals surface area (Å²) in [6.07, 6.45) is 3.36. The highest BCUT2D eigenvalue weighted by molar-refractivity contribution is 6.29. The molecule has 5 nitrogen and oxygen atoms in total. The van der Waals surface area contributed by atoms with Crippen LogP contribution >= 0.6 is 11.6 Å². The summed E-state index contributed by atoms with van der Waals surface area (Å²) in [6, 6.07) is 9.51. The average Bonchev–Trinajstić information content (AvgIpc) is 2.98. The van der Waals surface area contributed by atoms with E-state index in [9.17, 15) is 0 Å². The summed E-state index contributed by atoms with van der Waals surface area (Å²) in [7, 11) is 0. The molecule has 0 unspecified atom stereocenters. The lowest BCUT2D eigenvalue weighted by molar-refractivity contribution is 0.881. The molecule has 0 radical (unpaired) electrons. The maximum atomic E-state index is 6.00. The van der Waals surface area contributed by atoms with E-state index < -0.39 is 0 Å². The molecule has 2 aromatic heterocycles. The Morgan fingerprint density at radius 1 is 1.17 bits per heavy atom. The van der Waals surface area contributed by atoms with E-state index in [1.807, 2.05) is 24.3 Å². The number of nitrogen functional groups attached to an aromatic ring is 1. The van der Waals surface area contributed by atoms with Crippen molar-refractivity contribution in [3.63, 3.8) is 0 Å². The van der Waals surface area contributed by atoms with Crippen LogP contribution in [0.2, 0.25) is 5.15 Å². The molecule has 0 aliphatic carbocycles. The molecule has 0 fully saturated rings. The van der Waals surface area contributed by atoms with E-state index in [4.69, 9.17) is 17.3 Å². The molecule has 0 aliphatic rings. The Balaban J connectivity index is 2.00. The first-order chi connectivity index (χ1) is 8.75. The van der Waals surface area contributed by atoms with E-state index in [0.29, 0.717) is 11.0 Å². The molecule has 0 amide bonds. The van der Waals surface area contributed by atoms with Crippen molar-refractivity contribution < 1.29 is 0 Å². The first kappa shape index (κ1) is 10.9. The molecule has 0 aliphatic heterocycles. The fourth-order valence-corrected chi connectivity index (χ4v) is 1.98. The van der Waals surface area contributed by atoms with Gasteiger partial charge in [0.2, 0.25) is 0 Å². The maximum absolute atomic E-state index is 6.00. The lowest BCUT2D eigenvalue weighted by Gasteiger charge is -2.04. The number of benzene rings is 1. The standard InChI is InChI=1S/C12H10ClN5/c13-11-5-6-16-18(11)9-3-1-8(2-4-9)10-7-15-17-12(10)14/h1-7H,(H3,14,15,17). The largest absolute Gasteiger partial charge is 0.384 e. The molecule has 0 saturated heterocycles. The number of rotatable bonds is 2. The number of hydrogen-bond acceptors (Lipinski definition) is 3. The van der Waals surface area contributed by atoms with Crippen molar-refractivity contribution in [2.24, 2.45) is 0 Å². The Labute approximate surface area is 108 Å². The summed E-state index contributed by atoms with van der Waals surface area (Å²) < 4.78 is 1.66. The quantitative estimate of drug-likeness (QED) is 0.743. The van der Waals surface area contributed by atoms with E-state index in [1.54, 1.807) is 23.1 Å². The van der Waals surface area contributed by atoms with Gasteiger partial charge in [-0.3, -0.25) is 5.10 Å². The topological polar surface area (TPSA) is 72.5 Å². The third-order valence-corrected chi connectivity index (χ3v) is 2.97. The number of hydrogen-bond donors (Lipinski definition) is 2. The van der Waals surface area contributed by atoms with Crippen LogP contribution in [0, 0.1) is 0 Å². The molecule has 3 aromatic rings. The van der Waals surface area contributed by atoms with Crippen LogP contribution in [0.25, 0.3) is 16.8 Å². The van der Waals surface area contributed by atoms with Crippen LogP contribution in [-0.4, -0.2) is 20.0 Å². The number of nitrogens with two attached hydrogens (primary N) is 1. The molecule has 6 heteroatoms. The third-order valence-electron chi connectivity index (χ3n) is 2.69. The van der Waals surface area contributed by atoms with Crippen molar-refractivity contribution in [3.05, 3.63) is 47.9 Å². The Morgan fingerprint density at radius 2 is 1.94 bits per heavy atom. The molecule has 3 N–H and O–H groups in total. The van der Waals surface area contributed by atoms with Crippen molar-refractivity contribution in [2.45, 2.75) is 0 Å². The van der Waals surface area contributed by atoms with Gasteiger partial charge in [0.1, 0.15) is 11.0 Å². The summed E-state index contributed by atoms with van der Waals surface area (Å²) in [5.41, 5.74) is 8.55. The molecule has 2 heterocycles. The zero-order valence-corrected chi connectivity index (χ0v) is 10.1. The lowest BCUT2D eigenvalue weighted by atomic mass is 10.1. The van der Waals surface area contributed by atoms with Crippen molar-refractivity contribution in [3.8, 4) is 16.8 Å². The summed E-state index contributed by atoms with van der Waals surface area (Å²) in [5.74, 6) is 0.555. The predicted octanol–water partition coefficient (Wildman–Crippen LogP) is 2.50. The second-order valence-electron chi connectivity index (χ2n) is 3.81. The monoisotopic (exact) mass is 259 g/mol. The van der Waals surface area contributed by atoms with Crippen LogP contribution in [-0.2, 0) is 0 Å². The molecular formula is C12H10ClN5. The summed E-state index contributed by atoms with van der Waals surface area (Å²) in [4.78, 5) is 0. The number of H-pyrrole nitrogens is 1. The van der Waals surface area contributed by atoms with Crippen LogP contribution in [0.5, 0.6) is 0 Å². The van der Waals surface area contributed by atoms with Gasteiger partial charge < -0.3 is 5.73 Å². The van der Waals surface area contributed by atoms with Gasteiger partial charge in [-0.1, -0.05) is 23.7 Å². The van der Waals surface area contributed by atoms with E-state index in [-0.39, 0.29) is 0 Å². The van der Waals surface area contributed by atoms with Crippen LogP contribution in [0.1, 0.15) is 0 Å². The number of halogens is 1. The minimum absolute atomic E-state index is 0.555. The minimum atomic E-state index is 0.555. The second-order valence-corrected chi connectivity index (χ2v) is 4.20. The van der Waals surface area contributed by atoms with E-state index in [0.717, 1.165) is 16.8 Å². The Bertz CT molecular complexity index is 609. The van der Waals surface area contributed by atoms with Gasteiger partial charge in [-0.25, -0.2) is 4.68 Å². The second kappa shape index (κ2) is 4.19. The van der Waals surface area contributed by atoms with Gasteiger partial charge in [0, 0.05) is 5.56 Å². The summed E-state index contributed by atoms with van der Waals surface area (Å²) >= 11 is 6.00. The van der Waals surface area contributed by atoms with Gasteiger partial charge in [-0.05, 0) is 23.8 Å². The first-order valence-corrected chi connectivity index (χ1v) is 5.72. The third kappa shape index (κ3) is 1.74. The molecule has 90 valence electrons. The Kier molecular flexibility index (Phi) is 2.53. The van der Waals surface area contributed by atoms with Crippen LogP contribution < -0.4 is 5.73 Å². The highest BCUT2D eigenvalue weighted by Gasteiger charge is 2.06. The summed E-state index contributed by atoms with van der Waals surface area (Å²) in [6.45, 7) is 0. The highest BCUT2D eigenvalue weighted by Crippen LogP contribution is 2.25. The Morgan fingerprint density at radius 3 is 2.50 bits per heavy atom. The minimum Gasteiger partial charge on any atom is -0.384 e. The van der Waals surface area contributed by atoms with Crippen molar-refractivity contribution in [1.82, 2.24) is 20.0 Å². The van der Waals surface area contributed by atoms with E-state index in [1.165, 1.54) is 0 Å². The van der Waals surface area contributed by atoms with Gasteiger partial charge in [0.15, 0.2) is 0 Å². The van der Waals surface area contributed by atoms with Crippen molar-refractivity contribution >= 4 is 17.4 Å². The maximum Gasteiger partial charge on any atom is 0.132 e. The fraction of sp³-hybridized carbons (Fsp3) is 0. The Hall–Kier alpha value is -2.27. The zero-order chi connectivity index (χ0) is 12.5. The molecule has 0 atom stereocenters. The molecule has 0 spiro atoms. The number of aromatic nitrogens is 4. The van der Waals surface area contributed by atoms with Gasteiger partial charge in [-0.2, -0.15) is 10.2 Å². The number of anilines is 1. The molecular weight excluding hydrogens is 250 g/mol. The van der Waals surface area contributed by atoms with E-state index >= 15 is 0 Å². The molecule has 1 aromatic carbocycles. The predicted molar refractivity (Wildman–Crippen MR) is 70.6 cm³/mol. The van der Waals surface area contributed by atoms with Gasteiger partial charge in [0.25, 0.3) is 0 Å². The molecule has 0 bridgehead atoms. The molecule has 18 heavy (non-hydrogen) atoms. The van der Waals surface area contributed by atoms with Crippen molar-refractivity contribution in [2.75, 3.05) is 5.73 Å². The molecule has 3 rings (SSSR count). The van der Waals surface area contributed by atoms with Gasteiger partial charge in [-0.15, -0.1) is 0 Å². The SMILES string of the molecule is Nc1[nH]ncc1-c1ccc(-n2nccc2Cl)cc1. The molecule has 0 saturated carbocycles. The van der Waals surface area contributed by atoms with E-state index in [2.05, 4.69) is 15.3 Å². The van der Waals surface area contributed by atoms with Crippen molar-refractivity contribution in [1.29, 1.82) is 0 Å². The average molecular weight is 260 g/mol. The van der Waals surface area contributed by atoms with Crippen LogP contribution in [0.4, 0.5) is 5.82 Å². The van der Waals surface area contributed by atoms with Gasteiger partial charge >= 0.3 is 0 Å². The number of nitrogens with zero attached hydrogens (tertiary/aromatic N) is 3.